The molecule has 0 aliphatic heterocycles. The van der Waals surface area contributed by atoms with Crippen molar-refractivity contribution in [2.75, 3.05) is 12.4 Å². The fraction of sp³-hybridized carbons (Fsp3) is 0.0952. The minimum Gasteiger partial charge on any atom is -0.497 e. The molecule has 0 aliphatic carbocycles. The standard InChI is InChI=1S/C21H17FN4O2/c1-26-20-16(12-23-26)15(21(27)25-18-9-4-3-8-17(18)22)11-19(24-20)13-6-5-7-14(10-13)28-2/h3-12H,1-2H3,(H,25,27). The van der Waals surface area contributed by atoms with Crippen LogP contribution in [0.25, 0.3) is 22.3 Å². The number of aromatic nitrogens is 3. The van der Waals surface area contributed by atoms with Crippen molar-refractivity contribution in [2.24, 2.45) is 7.05 Å². The Kier molecular flexibility index (Phi) is 4.49. The predicted octanol–water partition coefficient (Wildman–Crippen LogP) is 4.04. The maximum Gasteiger partial charge on any atom is 0.256 e. The van der Waals surface area contributed by atoms with E-state index in [-0.39, 0.29) is 5.69 Å². The number of nitrogens with one attached hydrogen (secondary N) is 1. The molecule has 1 amide bonds. The number of ether oxygens (including phenoxy) is 1. The van der Waals surface area contributed by atoms with Gasteiger partial charge in [-0.25, -0.2) is 9.37 Å². The van der Waals surface area contributed by atoms with Crippen molar-refractivity contribution in [3.63, 3.8) is 0 Å². The highest BCUT2D eigenvalue weighted by Gasteiger charge is 2.18. The van der Waals surface area contributed by atoms with Gasteiger partial charge >= 0.3 is 0 Å². The number of hydrogen-bond donors (Lipinski definition) is 1. The normalized spacial score (nSPS) is 10.8. The van der Waals surface area contributed by atoms with Crippen LogP contribution < -0.4 is 10.1 Å². The second-order valence-electron chi connectivity index (χ2n) is 6.23. The number of rotatable bonds is 4. The molecule has 0 fully saturated rings. The summed E-state index contributed by atoms with van der Waals surface area (Å²) >= 11 is 0. The van der Waals surface area contributed by atoms with E-state index in [2.05, 4.69) is 15.4 Å². The number of fused-ring (bicyclic) bond motifs is 1. The molecule has 0 spiro atoms. The van der Waals surface area contributed by atoms with Crippen LogP contribution in [-0.2, 0) is 7.05 Å². The summed E-state index contributed by atoms with van der Waals surface area (Å²) in [5, 5.41) is 7.42. The van der Waals surface area contributed by atoms with Crippen molar-refractivity contribution in [2.45, 2.75) is 0 Å². The second kappa shape index (κ2) is 7.11. The molecule has 0 aliphatic rings. The SMILES string of the molecule is COc1cccc(-c2cc(C(=O)Nc3ccccc3F)c3cnn(C)c3n2)c1. The van der Waals surface area contributed by atoms with Crippen LogP contribution in [-0.4, -0.2) is 27.8 Å². The van der Waals surface area contributed by atoms with E-state index >= 15 is 0 Å². The van der Waals surface area contributed by atoms with Crippen molar-refractivity contribution in [1.82, 2.24) is 14.8 Å². The number of nitrogens with zero attached hydrogens (tertiary/aromatic N) is 3. The first-order chi connectivity index (χ1) is 13.6. The number of halogens is 1. The minimum absolute atomic E-state index is 0.115. The van der Waals surface area contributed by atoms with Gasteiger partial charge in [0.25, 0.3) is 5.91 Å². The zero-order chi connectivity index (χ0) is 19.7. The molecule has 0 saturated carbocycles. The highest BCUT2D eigenvalue weighted by Crippen LogP contribution is 2.27. The number of anilines is 1. The van der Waals surface area contributed by atoms with Crippen LogP contribution in [0, 0.1) is 5.82 Å². The number of benzene rings is 2. The Morgan fingerprint density at radius 3 is 2.75 bits per heavy atom. The predicted molar refractivity (Wildman–Crippen MR) is 105 cm³/mol. The van der Waals surface area contributed by atoms with Crippen LogP contribution in [0.3, 0.4) is 0 Å². The van der Waals surface area contributed by atoms with E-state index in [0.717, 1.165) is 5.56 Å². The summed E-state index contributed by atoms with van der Waals surface area (Å²) in [7, 11) is 3.34. The van der Waals surface area contributed by atoms with Crippen molar-refractivity contribution >= 4 is 22.6 Å². The lowest BCUT2D eigenvalue weighted by Gasteiger charge is -2.10. The Balaban J connectivity index is 1.83. The molecular weight excluding hydrogens is 359 g/mol. The highest BCUT2D eigenvalue weighted by atomic mass is 19.1. The van der Waals surface area contributed by atoms with Crippen LogP contribution in [0.2, 0.25) is 0 Å². The van der Waals surface area contributed by atoms with Crippen molar-refractivity contribution < 1.29 is 13.9 Å². The maximum atomic E-state index is 14.0. The lowest BCUT2D eigenvalue weighted by atomic mass is 10.1. The Labute approximate surface area is 160 Å². The monoisotopic (exact) mass is 376 g/mol. The smallest absolute Gasteiger partial charge is 0.256 e. The van der Waals surface area contributed by atoms with E-state index in [1.807, 2.05) is 24.3 Å². The molecule has 2 aromatic carbocycles. The summed E-state index contributed by atoms with van der Waals surface area (Å²) in [6.45, 7) is 0. The van der Waals surface area contributed by atoms with Gasteiger partial charge in [0.15, 0.2) is 5.65 Å². The van der Waals surface area contributed by atoms with E-state index in [1.54, 1.807) is 43.2 Å². The molecule has 0 bridgehead atoms. The zero-order valence-electron chi connectivity index (χ0n) is 15.3. The van der Waals surface area contributed by atoms with Gasteiger partial charge in [-0.1, -0.05) is 24.3 Å². The summed E-state index contributed by atoms with van der Waals surface area (Å²) in [6, 6.07) is 15.1. The van der Waals surface area contributed by atoms with Crippen molar-refractivity contribution in [3.05, 3.63) is 72.2 Å². The van der Waals surface area contributed by atoms with Gasteiger partial charge < -0.3 is 10.1 Å². The summed E-state index contributed by atoms with van der Waals surface area (Å²) < 4.78 is 20.8. The third kappa shape index (κ3) is 3.18. The molecule has 4 rings (SSSR count). The van der Waals surface area contributed by atoms with E-state index in [9.17, 15) is 9.18 Å². The van der Waals surface area contributed by atoms with Gasteiger partial charge in [-0.2, -0.15) is 5.10 Å². The molecule has 28 heavy (non-hydrogen) atoms. The van der Waals surface area contributed by atoms with E-state index < -0.39 is 11.7 Å². The number of carbonyl (C=O) groups excluding carboxylic acids is 1. The quantitative estimate of drug-likeness (QED) is 0.584. The zero-order valence-corrected chi connectivity index (χ0v) is 15.3. The van der Waals surface area contributed by atoms with Crippen LogP contribution in [0.1, 0.15) is 10.4 Å². The number of para-hydroxylation sites is 1. The average Bonchev–Trinajstić information content (AvgIpc) is 3.10. The summed E-state index contributed by atoms with van der Waals surface area (Å²) in [4.78, 5) is 17.6. The number of amides is 1. The number of hydrogen-bond acceptors (Lipinski definition) is 4. The molecule has 0 unspecified atom stereocenters. The van der Waals surface area contributed by atoms with Crippen LogP contribution in [0.5, 0.6) is 5.75 Å². The van der Waals surface area contributed by atoms with Gasteiger partial charge in [-0.3, -0.25) is 9.48 Å². The lowest BCUT2D eigenvalue weighted by Crippen LogP contribution is -2.14. The van der Waals surface area contributed by atoms with Gasteiger partial charge in [0.05, 0.1) is 35.6 Å². The minimum atomic E-state index is -0.500. The number of methoxy groups -OCH3 is 1. The van der Waals surface area contributed by atoms with Gasteiger partial charge in [0, 0.05) is 12.6 Å². The molecule has 0 saturated heterocycles. The molecule has 0 radical (unpaired) electrons. The maximum absolute atomic E-state index is 14.0. The Morgan fingerprint density at radius 1 is 1.14 bits per heavy atom. The number of aryl methyl sites for hydroxylation is 1. The summed E-state index contributed by atoms with van der Waals surface area (Å²) in [5.74, 6) is -0.253. The summed E-state index contributed by atoms with van der Waals surface area (Å²) in [5.41, 5.74) is 2.42. The van der Waals surface area contributed by atoms with E-state index in [4.69, 9.17) is 4.74 Å². The highest BCUT2D eigenvalue weighted by molar-refractivity contribution is 6.12. The third-order valence-electron chi connectivity index (χ3n) is 4.44. The largest absolute Gasteiger partial charge is 0.497 e. The molecule has 2 aromatic heterocycles. The topological polar surface area (TPSA) is 69.0 Å². The fourth-order valence-electron chi connectivity index (χ4n) is 2.98. The van der Waals surface area contributed by atoms with Crippen LogP contribution in [0.15, 0.2) is 60.8 Å². The first-order valence-electron chi connectivity index (χ1n) is 8.60. The lowest BCUT2D eigenvalue weighted by molar-refractivity contribution is 0.102. The molecule has 140 valence electrons. The van der Waals surface area contributed by atoms with Crippen molar-refractivity contribution in [3.8, 4) is 17.0 Å². The molecule has 1 N–H and O–H groups in total. The third-order valence-corrected chi connectivity index (χ3v) is 4.44. The fourth-order valence-corrected chi connectivity index (χ4v) is 2.98. The van der Waals surface area contributed by atoms with Gasteiger partial charge in [0.1, 0.15) is 11.6 Å². The first kappa shape index (κ1) is 17.7. The van der Waals surface area contributed by atoms with Crippen LogP contribution in [0.4, 0.5) is 10.1 Å². The first-order valence-corrected chi connectivity index (χ1v) is 8.60. The van der Waals surface area contributed by atoms with Gasteiger partial charge in [0.2, 0.25) is 0 Å². The summed E-state index contributed by atoms with van der Waals surface area (Å²) in [6.07, 6.45) is 1.58. The average molecular weight is 376 g/mol. The van der Waals surface area contributed by atoms with Gasteiger partial charge in [-0.05, 0) is 30.3 Å². The molecule has 2 heterocycles. The Bertz CT molecular complexity index is 1190. The molecule has 4 aromatic rings. The molecular formula is C21H17FN4O2. The Morgan fingerprint density at radius 2 is 1.96 bits per heavy atom. The van der Waals surface area contributed by atoms with E-state index in [1.165, 1.54) is 12.1 Å². The molecule has 0 atom stereocenters. The number of pyridine rings is 1. The Hall–Kier alpha value is -3.74. The van der Waals surface area contributed by atoms with Crippen LogP contribution >= 0.6 is 0 Å². The second-order valence-corrected chi connectivity index (χ2v) is 6.23. The van der Waals surface area contributed by atoms with Crippen molar-refractivity contribution in [1.29, 1.82) is 0 Å². The van der Waals surface area contributed by atoms with Gasteiger partial charge in [-0.15, -0.1) is 0 Å². The number of carbonyl (C=O) groups is 1. The molecule has 7 heteroatoms. The molecule has 6 nitrogen and oxygen atoms in total. The van der Waals surface area contributed by atoms with E-state index in [0.29, 0.717) is 28.0 Å².